The van der Waals surface area contributed by atoms with Crippen molar-refractivity contribution < 1.29 is 9.53 Å². The van der Waals surface area contributed by atoms with Crippen molar-refractivity contribution >= 4 is 6.29 Å². The van der Waals surface area contributed by atoms with Gasteiger partial charge in [-0.05, 0) is 32.6 Å². The summed E-state index contributed by atoms with van der Waals surface area (Å²) in [6.45, 7) is 3.41. The van der Waals surface area contributed by atoms with Gasteiger partial charge >= 0.3 is 0 Å². The van der Waals surface area contributed by atoms with Gasteiger partial charge in [0.15, 0.2) is 6.29 Å². The van der Waals surface area contributed by atoms with Crippen LogP contribution in [0.1, 0.15) is 15.9 Å². The van der Waals surface area contributed by atoms with Crippen molar-refractivity contribution in [1.82, 2.24) is 4.90 Å². The minimum absolute atomic E-state index is 0.552. The van der Waals surface area contributed by atoms with Gasteiger partial charge < -0.3 is 9.64 Å². The number of likely N-dealkylation sites (N-methyl/N-ethyl adjacent to an activating group) is 1. The normalized spacial score (nSPS) is 10.7. The number of para-hydroxylation sites is 1. The van der Waals surface area contributed by atoms with E-state index in [1.807, 2.05) is 26.2 Å². The van der Waals surface area contributed by atoms with Gasteiger partial charge in [-0.1, -0.05) is 42.0 Å². The molecule has 0 saturated heterocycles. The number of carbonyl (C=O) groups excluding carboxylic acids is 1. The van der Waals surface area contributed by atoms with Crippen LogP contribution in [-0.4, -0.2) is 38.4 Å². The molecule has 2 aromatic carbocycles. The van der Waals surface area contributed by atoms with E-state index in [0.29, 0.717) is 17.9 Å². The second-order valence-corrected chi connectivity index (χ2v) is 5.36. The van der Waals surface area contributed by atoms with Gasteiger partial charge in [-0.2, -0.15) is 0 Å². The van der Waals surface area contributed by atoms with E-state index in [1.165, 1.54) is 5.56 Å². The van der Waals surface area contributed by atoms with Crippen LogP contribution in [0.4, 0.5) is 0 Å². The summed E-state index contributed by atoms with van der Waals surface area (Å²) >= 11 is 0. The number of benzene rings is 2. The maximum Gasteiger partial charge on any atom is 0.153 e. The average Bonchev–Trinajstić information content (AvgIpc) is 2.48. The molecule has 110 valence electrons. The summed E-state index contributed by atoms with van der Waals surface area (Å²) in [6, 6.07) is 13.9. The number of rotatable bonds is 6. The summed E-state index contributed by atoms with van der Waals surface area (Å²) in [5.74, 6) is 0.665. The van der Waals surface area contributed by atoms with E-state index in [4.69, 9.17) is 4.74 Å². The lowest BCUT2D eigenvalue weighted by Gasteiger charge is -2.16. The molecule has 3 nitrogen and oxygen atoms in total. The minimum Gasteiger partial charge on any atom is -0.491 e. The van der Waals surface area contributed by atoms with E-state index >= 15 is 0 Å². The first-order valence-electron chi connectivity index (χ1n) is 7.04. The Morgan fingerprint density at radius 2 is 1.81 bits per heavy atom. The van der Waals surface area contributed by atoms with Crippen LogP contribution in [-0.2, 0) is 0 Å². The number of nitrogens with zero attached hydrogens (tertiary/aromatic N) is 1. The number of aryl methyl sites for hydroxylation is 1. The zero-order chi connectivity index (χ0) is 15.2. The molecule has 0 aliphatic heterocycles. The predicted octanol–water partition coefficient (Wildman–Crippen LogP) is 3.41. The first-order chi connectivity index (χ1) is 10.1. The Hall–Kier alpha value is -2.13. The van der Waals surface area contributed by atoms with E-state index in [-0.39, 0.29) is 0 Å². The van der Waals surface area contributed by atoms with Crippen molar-refractivity contribution in [3.05, 3.63) is 53.6 Å². The highest BCUT2D eigenvalue weighted by Gasteiger charge is 2.11. The van der Waals surface area contributed by atoms with Gasteiger partial charge in [0.2, 0.25) is 0 Å². The molecule has 0 aromatic heterocycles. The molecule has 2 rings (SSSR count). The Balaban J connectivity index is 2.35. The lowest BCUT2D eigenvalue weighted by Crippen LogP contribution is -2.20. The lowest BCUT2D eigenvalue weighted by atomic mass is 10.0. The van der Waals surface area contributed by atoms with Crippen molar-refractivity contribution in [3.8, 4) is 16.9 Å². The van der Waals surface area contributed by atoms with Gasteiger partial charge in [-0.25, -0.2) is 0 Å². The molecule has 0 amide bonds. The van der Waals surface area contributed by atoms with Crippen LogP contribution >= 0.6 is 0 Å². The third kappa shape index (κ3) is 3.92. The Morgan fingerprint density at radius 1 is 1.10 bits per heavy atom. The quantitative estimate of drug-likeness (QED) is 0.761. The third-order valence-corrected chi connectivity index (χ3v) is 3.32. The van der Waals surface area contributed by atoms with Gasteiger partial charge in [0.25, 0.3) is 0 Å². The fraction of sp³-hybridized carbons (Fsp3) is 0.278. The molecule has 0 fully saturated rings. The molecule has 0 heterocycles. The van der Waals surface area contributed by atoms with Crippen molar-refractivity contribution in [2.45, 2.75) is 6.92 Å². The number of ether oxygens (including phenoxy) is 1. The fourth-order valence-electron chi connectivity index (χ4n) is 2.10. The second kappa shape index (κ2) is 7.04. The largest absolute Gasteiger partial charge is 0.491 e. The smallest absolute Gasteiger partial charge is 0.153 e. The van der Waals surface area contributed by atoms with Crippen molar-refractivity contribution in [1.29, 1.82) is 0 Å². The molecule has 0 unspecified atom stereocenters. The average molecular weight is 283 g/mol. The summed E-state index contributed by atoms with van der Waals surface area (Å²) in [4.78, 5) is 13.3. The Bertz CT molecular complexity index is 603. The molecular weight excluding hydrogens is 262 g/mol. The van der Waals surface area contributed by atoms with Gasteiger partial charge in [0.1, 0.15) is 12.4 Å². The summed E-state index contributed by atoms with van der Waals surface area (Å²) in [5, 5.41) is 0. The first-order valence-corrected chi connectivity index (χ1v) is 7.04. The minimum atomic E-state index is 0.552. The van der Waals surface area contributed by atoms with Crippen molar-refractivity contribution in [2.24, 2.45) is 0 Å². The van der Waals surface area contributed by atoms with E-state index < -0.39 is 0 Å². The molecule has 3 heteroatoms. The highest BCUT2D eigenvalue weighted by Crippen LogP contribution is 2.32. The monoisotopic (exact) mass is 283 g/mol. The molecule has 21 heavy (non-hydrogen) atoms. The van der Waals surface area contributed by atoms with Crippen LogP contribution in [0, 0.1) is 6.92 Å². The molecular formula is C18H21NO2. The first kappa shape index (κ1) is 15.3. The molecule has 2 aromatic rings. The predicted molar refractivity (Wildman–Crippen MR) is 86.1 cm³/mol. The molecule has 0 radical (unpaired) electrons. The van der Waals surface area contributed by atoms with Crippen LogP contribution in [0.3, 0.4) is 0 Å². The molecule has 0 atom stereocenters. The number of hydrogen-bond acceptors (Lipinski definition) is 3. The van der Waals surface area contributed by atoms with E-state index in [0.717, 1.165) is 24.0 Å². The standard InChI is InChI=1S/C18H21NO2/c1-14-7-9-15(10-8-14)17-6-4-5-16(13-20)18(17)21-12-11-19(2)3/h4-10,13H,11-12H2,1-3H3. The number of carbonyl (C=O) groups is 1. The maximum atomic E-state index is 11.3. The Kier molecular flexibility index (Phi) is 5.12. The van der Waals surface area contributed by atoms with Gasteiger partial charge in [-0.3, -0.25) is 4.79 Å². The summed E-state index contributed by atoms with van der Waals surface area (Å²) in [6.07, 6.45) is 0.850. The van der Waals surface area contributed by atoms with E-state index in [2.05, 4.69) is 36.1 Å². The molecule has 0 spiro atoms. The van der Waals surface area contributed by atoms with Crippen LogP contribution in [0.2, 0.25) is 0 Å². The maximum absolute atomic E-state index is 11.3. The fourth-order valence-corrected chi connectivity index (χ4v) is 2.10. The van der Waals surface area contributed by atoms with Crippen LogP contribution < -0.4 is 4.74 Å². The highest BCUT2D eigenvalue weighted by atomic mass is 16.5. The van der Waals surface area contributed by atoms with Gasteiger partial charge in [0, 0.05) is 12.1 Å². The third-order valence-electron chi connectivity index (χ3n) is 3.32. The topological polar surface area (TPSA) is 29.5 Å². The SMILES string of the molecule is Cc1ccc(-c2cccc(C=O)c2OCCN(C)C)cc1. The summed E-state index contributed by atoms with van der Waals surface area (Å²) < 4.78 is 5.88. The zero-order valence-electron chi connectivity index (χ0n) is 12.8. The van der Waals surface area contributed by atoms with Crippen LogP contribution in [0.5, 0.6) is 5.75 Å². The second-order valence-electron chi connectivity index (χ2n) is 5.36. The molecule has 0 aliphatic rings. The Labute approximate surface area is 126 Å². The molecule has 0 N–H and O–H groups in total. The van der Waals surface area contributed by atoms with Gasteiger partial charge in [-0.15, -0.1) is 0 Å². The lowest BCUT2D eigenvalue weighted by molar-refractivity contribution is 0.111. The number of aldehydes is 1. The van der Waals surface area contributed by atoms with Crippen LogP contribution in [0.25, 0.3) is 11.1 Å². The van der Waals surface area contributed by atoms with E-state index in [9.17, 15) is 4.79 Å². The molecule has 0 bridgehead atoms. The molecule has 0 saturated carbocycles. The van der Waals surface area contributed by atoms with Crippen LogP contribution in [0.15, 0.2) is 42.5 Å². The van der Waals surface area contributed by atoms with Crippen molar-refractivity contribution in [3.63, 3.8) is 0 Å². The number of hydrogen-bond donors (Lipinski definition) is 0. The highest BCUT2D eigenvalue weighted by molar-refractivity contribution is 5.86. The summed E-state index contributed by atoms with van der Waals surface area (Å²) in [5.41, 5.74) is 3.81. The van der Waals surface area contributed by atoms with Gasteiger partial charge in [0.05, 0.1) is 5.56 Å². The Morgan fingerprint density at radius 3 is 2.43 bits per heavy atom. The van der Waals surface area contributed by atoms with E-state index in [1.54, 1.807) is 6.07 Å². The zero-order valence-corrected chi connectivity index (χ0v) is 12.8. The summed E-state index contributed by atoms with van der Waals surface area (Å²) in [7, 11) is 3.99. The van der Waals surface area contributed by atoms with Crippen molar-refractivity contribution in [2.75, 3.05) is 27.2 Å². The molecule has 0 aliphatic carbocycles.